The fourth-order valence-corrected chi connectivity index (χ4v) is 7.09. The number of fused-ring (bicyclic) bond motifs is 5. The highest BCUT2D eigenvalue weighted by molar-refractivity contribution is 8.00. The first-order valence-electron chi connectivity index (χ1n) is 9.13. The monoisotopic (exact) mass is 349 g/mol. The van der Waals surface area contributed by atoms with Gasteiger partial charge in [0.05, 0.1) is 6.04 Å². The van der Waals surface area contributed by atoms with Gasteiger partial charge in [-0.1, -0.05) is 50.2 Å². The topological polar surface area (TPSA) is 35.1 Å². The lowest BCUT2D eigenvalue weighted by Gasteiger charge is -2.49. The Kier molecular flexibility index (Phi) is 3.35. The number of para-hydroxylation sites is 1. The van der Waals surface area contributed by atoms with Crippen LogP contribution in [0.4, 0.5) is 5.69 Å². The summed E-state index contributed by atoms with van der Waals surface area (Å²) in [4.78, 5) is 1.12. The molecular formula is C22H23NOS. The quantitative estimate of drug-likeness (QED) is 0.711. The van der Waals surface area contributed by atoms with Gasteiger partial charge in [-0.3, -0.25) is 0 Å². The molecule has 0 spiro atoms. The minimum Gasteiger partial charge on any atom is -0.611 e. The standard InChI is InChI=1S/C22H23NOS/c1-22(2)17-9-5-6-10-19(17)23-20-16-12-11-14-7-3-4-8-15(14)21(16)25(24)13-18(20)22/h3-10,18,20,23H,11-13H2,1-2H3. The Morgan fingerprint density at radius 1 is 1.04 bits per heavy atom. The number of anilines is 1. The van der Waals surface area contributed by atoms with E-state index < -0.39 is 11.2 Å². The summed E-state index contributed by atoms with van der Waals surface area (Å²) < 4.78 is 13.3. The van der Waals surface area contributed by atoms with Crippen molar-refractivity contribution in [1.82, 2.24) is 0 Å². The second kappa shape index (κ2) is 5.39. The van der Waals surface area contributed by atoms with E-state index in [1.807, 2.05) is 0 Å². The highest BCUT2D eigenvalue weighted by Gasteiger charge is 2.51. The number of benzene rings is 2. The molecule has 1 aliphatic carbocycles. The smallest absolute Gasteiger partial charge is 0.161 e. The predicted octanol–water partition coefficient (Wildman–Crippen LogP) is 4.49. The first-order chi connectivity index (χ1) is 12.1. The third kappa shape index (κ3) is 2.15. The Morgan fingerprint density at radius 3 is 2.68 bits per heavy atom. The van der Waals surface area contributed by atoms with E-state index in [0.717, 1.165) is 23.5 Å². The van der Waals surface area contributed by atoms with Crippen LogP contribution in [-0.2, 0) is 23.0 Å². The molecule has 0 radical (unpaired) electrons. The molecule has 0 saturated carbocycles. The van der Waals surface area contributed by atoms with Crippen LogP contribution in [0.5, 0.6) is 0 Å². The van der Waals surface area contributed by atoms with Crippen molar-refractivity contribution < 1.29 is 4.55 Å². The van der Waals surface area contributed by atoms with Crippen molar-refractivity contribution in [3.05, 3.63) is 70.8 Å². The van der Waals surface area contributed by atoms with Crippen LogP contribution >= 0.6 is 0 Å². The average molecular weight is 349 g/mol. The number of nitrogens with one attached hydrogen (secondary N) is 1. The maximum absolute atomic E-state index is 13.3. The molecule has 1 N–H and O–H groups in total. The van der Waals surface area contributed by atoms with Crippen LogP contribution in [0.3, 0.4) is 0 Å². The average Bonchev–Trinajstić information content (AvgIpc) is 2.62. The van der Waals surface area contributed by atoms with Gasteiger partial charge in [-0.15, -0.1) is 0 Å². The molecular weight excluding hydrogens is 326 g/mol. The Bertz CT molecular complexity index is 885. The van der Waals surface area contributed by atoms with E-state index in [1.54, 1.807) is 0 Å². The lowest BCUT2D eigenvalue weighted by atomic mass is 9.65. The minimum absolute atomic E-state index is 0.0255. The molecule has 128 valence electrons. The van der Waals surface area contributed by atoms with Crippen LogP contribution in [-0.4, -0.2) is 16.3 Å². The van der Waals surface area contributed by atoms with Gasteiger partial charge in [0.25, 0.3) is 0 Å². The maximum atomic E-state index is 13.3. The van der Waals surface area contributed by atoms with Crippen LogP contribution in [0, 0.1) is 5.92 Å². The van der Waals surface area contributed by atoms with E-state index in [0.29, 0.717) is 12.0 Å². The second-order valence-electron chi connectivity index (χ2n) is 8.02. The van der Waals surface area contributed by atoms with Gasteiger partial charge in [0.2, 0.25) is 0 Å². The van der Waals surface area contributed by atoms with Crippen LogP contribution < -0.4 is 5.32 Å². The van der Waals surface area contributed by atoms with E-state index in [9.17, 15) is 4.55 Å². The highest BCUT2D eigenvalue weighted by Crippen LogP contribution is 2.52. The first kappa shape index (κ1) is 15.5. The Balaban J connectivity index is 1.69. The van der Waals surface area contributed by atoms with Crippen molar-refractivity contribution in [2.75, 3.05) is 11.1 Å². The fourth-order valence-electron chi connectivity index (χ4n) is 5.02. The van der Waals surface area contributed by atoms with Crippen molar-refractivity contribution >= 4 is 21.8 Å². The summed E-state index contributed by atoms with van der Waals surface area (Å²) in [6.07, 6.45) is 2.07. The highest BCUT2D eigenvalue weighted by atomic mass is 32.2. The largest absolute Gasteiger partial charge is 0.611 e. The molecule has 3 atom stereocenters. The SMILES string of the molecule is CC1(C)c2ccccc2NC2C3=C(c4ccccc4CC3)[S+]([O-])CC21. The zero-order valence-corrected chi connectivity index (χ0v) is 15.5. The van der Waals surface area contributed by atoms with Gasteiger partial charge in [0.1, 0.15) is 5.75 Å². The van der Waals surface area contributed by atoms with Crippen molar-refractivity contribution in [2.24, 2.45) is 5.92 Å². The summed E-state index contributed by atoms with van der Waals surface area (Å²) in [7, 11) is 0. The summed E-state index contributed by atoms with van der Waals surface area (Å²) in [6.45, 7) is 4.65. The molecule has 5 rings (SSSR count). The van der Waals surface area contributed by atoms with Gasteiger partial charge in [-0.05, 0) is 47.3 Å². The number of hydrogen-bond acceptors (Lipinski definition) is 2. The minimum atomic E-state index is -0.920. The molecule has 2 aromatic carbocycles. The van der Waals surface area contributed by atoms with E-state index in [2.05, 4.69) is 67.7 Å². The lowest BCUT2D eigenvalue weighted by Crippen LogP contribution is -2.53. The summed E-state index contributed by atoms with van der Waals surface area (Å²) in [5, 5.41) is 3.81. The molecule has 2 aliphatic heterocycles. The zero-order chi connectivity index (χ0) is 17.2. The number of aryl methyl sites for hydroxylation is 1. The molecule has 2 nitrogen and oxygen atoms in total. The molecule has 2 heterocycles. The fraction of sp³-hybridized carbons (Fsp3) is 0.364. The third-order valence-electron chi connectivity index (χ3n) is 6.41. The molecule has 25 heavy (non-hydrogen) atoms. The van der Waals surface area contributed by atoms with Gasteiger partial charge in [0, 0.05) is 28.2 Å². The van der Waals surface area contributed by atoms with E-state index in [-0.39, 0.29) is 5.41 Å². The molecule has 0 saturated heterocycles. The molecule has 3 unspecified atom stereocenters. The van der Waals surface area contributed by atoms with Crippen molar-refractivity contribution in [3.63, 3.8) is 0 Å². The van der Waals surface area contributed by atoms with Gasteiger partial charge in [-0.25, -0.2) is 0 Å². The van der Waals surface area contributed by atoms with Gasteiger partial charge >= 0.3 is 0 Å². The third-order valence-corrected chi connectivity index (χ3v) is 8.01. The molecule has 0 aromatic heterocycles. The van der Waals surface area contributed by atoms with Crippen LogP contribution in [0.1, 0.15) is 37.0 Å². The lowest BCUT2D eigenvalue weighted by molar-refractivity contribution is 0.305. The van der Waals surface area contributed by atoms with Crippen molar-refractivity contribution in [2.45, 2.75) is 38.1 Å². The second-order valence-corrected chi connectivity index (χ2v) is 9.45. The van der Waals surface area contributed by atoms with Crippen LogP contribution in [0.25, 0.3) is 4.91 Å². The van der Waals surface area contributed by atoms with E-state index >= 15 is 0 Å². The number of hydrogen-bond donors (Lipinski definition) is 1. The predicted molar refractivity (Wildman–Crippen MR) is 105 cm³/mol. The van der Waals surface area contributed by atoms with Crippen LogP contribution in [0.2, 0.25) is 0 Å². The first-order valence-corrected chi connectivity index (χ1v) is 10.4. The van der Waals surface area contributed by atoms with E-state index in [4.69, 9.17) is 0 Å². The Morgan fingerprint density at radius 2 is 1.80 bits per heavy atom. The van der Waals surface area contributed by atoms with Gasteiger partial charge < -0.3 is 9.87 Å². The molecule has 0 bridgehead atoms. The van der Waals surface area contributed by atoms with Crippen LogP contribution in [0.15, 0.2) is 54.1 Å². The molecule has 2 aromatic rings. The summed E-state index contributed by atoms with van der Waals surface area (Å²) in [5.41, 5.74) is 6.58. The summed E-state index contributed by atoms with van der Waals surface area (Å²) in [6, 6.07) is 17.4. The van der Waals surface area contributed by atoms with Gasteiger partial charge in [-0.2, -0.15) is 0 Å². The molecule has 3 aliphatic rings. The normalized spacial score (nSPS) is 29.0. The van der Waals surface area contributed by atoms with Crippen molar-refractivity contribution in [3.8, 4) is 0 Å². The molecule has 0 fully saturated rings. The maximum Gasteiger partial charge on any atom is 0.161 e. The zero-order valence-electron chi connectivity index (χ0n) is 14.7. The van der Waals surface area contributed by atoms with Crippen molar-refractivity contribution in [1.29, 1.82) is 0 Å². The molecule has 3 heteroatoms. The molecule has 0 amide bonds. The summed E-state index contributed by atoms with van der Waals surface area (Å²) >= 11 is -0.920. The van der Waals surface area contributed by atoms with Gasteiger partial charge in [0.15, 0.2) is 4.91 Å². The Labute approximate surface area is 152 Å². The summed E-state index contributed by atoms with van der Waals surface area (Å²) in [5.74, 6) is 1.11. The number of rotatable bonds is 0. The van der Waals surface area contributed by atoms with E-state index in [1.165, 1.54) is 28.0 Å². The Hall–Kier alpha value is -1.71.